The monoisotopic (exact) mass is 1580 g/mol. The van der Waals surface area contributed by atoms with Crippen LogP contribution in [0.25, 0.3) is 39.1 Å². The Hall–Kier alpha value is -6.21. The average molecular weight is 1580 g/mol. The minimum absolute atomic E-state index is 0. The summed E-state index contributed by atoms with van der Waals surface area (Å²) in [5.74, 6) is -5.59. The lowest BCUT2D eigenvalue weighted by Crippen LogP contribution is -2.46. The lowest BCUT2D eigenvalue weighted by Gasteiger charge is -2.35. The van der Waals surface area contributed by atoms with Gasteiger partial charge in [-0.15, -0.1) is 34.0 Å². The van der Waals surface area contributed by atoms with Crippen molar-refractivity contribution >= 4 is 87.5 Å². The Morgan fingerprint density at radius 2 is 0.780 bits per heavy atom. The number of aryl methyl sites for hydroxylation is 3. The fraction of sp³-hybridized carbons (Fsp3) is 0.734. The third kappa shape index (κ3) is 27.8. The molecule has 0 spiro atoms. The zero-order valence-corrected chi connectivity index (χ0v) is 68.6. The first kappa shape index (κ1) is 95.2. The normalized spacial score (nSPS) is 33.6. The summed E-state index contributed by atoms with van der Waals surface area (Å²) in [6.45, 7) is 31.3. The Labute approximate surface area is 655 Å². The highest BCUT2D eigenvalue weighted by atomic mass is 32.1. The number of carbonyl (C=O) groups excluding carboxylic acids is 6. The molecule has 0 aliphatic carbocycles. The van der Waals surface area contributed by atoms with Crippen molar-refractivity contribution in [2.75, 3.05) is 0 Å². The van der Waals surface area contributed by atoms with Crippen LogP contribution in [0.15, 0.2) is 43.1 Å². The number of Topliss-reactive ketones (excluding diaryl/α,β-unsaturated/α-hetero) is 3. The second kappa shape index (κ2) is 43.2. The number of cyclic esters (lactones) is 3. The van der Waals surface area contributed by atoms with E-state index in [2.05, 4.69) is 40.3 Å². The fourth-order valence-electron chi connectivity index (χ4n) is 14.3. The molecule has 30 heteroatoms. The molecule has 4 saturated heterocycles. The van der Waals surface area contributed by atoms with E-state index in [1.165, 1.54) is 22.7 Å². The zero-order valence-electron chi connectivity index (χ0n) is 66.2. The Kier molecular flexibility index (Phi) is 37.7. The molecule has 109 heavy (non-hydrogen) atoms. The van der Waals surface area contributed by atoms with Crippen LogP contribution >= 0.6 is 34.0 Å². The SMILES string of the molecule is C.C/C(=C\c1csc(C)n1)C1C[C@@H](O)[C@H](N=[N+]=[N-])CCC[C@H](C)[C@H](O)[C@@H](C)C(=O)C(C)(C)[C@@H](O)CC(=O)O1.C/C(=C\c1csc(C)n1)C1C[C@@H]2N[C@@H]2CCC[C@H](C)[C@H](O)[C@@H](C)C(=O)C(C)(C)[C@@H](O)CC(=O)O1.C/C(=C\c1csc(C)n1)C1C[C@H](N=[N+]=[N-])[C@@H](O)CCC[C@H](C)[C@H](O)[C@@H](C)C(=O)C(C)(C)[C@@H](O)CC(=O)O1. The van der Waals surface area contributed by atoms with Crippen molar-refractivity contribution in [2.45, 2.75) is 320 Å². The standard InChI is InChI=1S/2C26H40N4O6S.C26H40N2O5S.CH4/c1-14-8-7-9-20(31)19(29-30-27)11-21(15(2)10-18-13-37-17(4)28-18)36-23(33)12-22(32)26(5,6)25(35)16(3)24(14)34;1-14-8-7-9-19(29-30-27)20(31)11-21(15(2)10-18-13-37-17(4)28-18)36-23(33)12-22(32)26(5,6)25(35)16(3)24(14)34;1-14-8-7-9-19-20(28-19)11-21(15(2)10-18-13-34-17(4)27-18)33-23(30)12-22(29)26(5,6)25(32)16(3)24(14)31;/h2*10,13-14,16,19-22,24,31-32,34H,7-9,11-12H2,1-6H3;10,13-14,16,19-22,24,28-29,31H,7-9,11-12H2,1-6H3;1H4/b3*15-10+;/t14-,16+,19-,20-,21?,22-,24-;14-,16+,19+,20+,21?,22-,24-;14-,16+,19+,20-,21?,22-,24-;/m000./s1. The largest absolute Gasteiger partial charge is 0.458 e. The van der Waals surface area contributed by atoms with Crippen LogP contribution in [0, 0.1) is 72.5 Å². The number of esters is 3. The molecule has 3 aromatic heterocycles. The minimum atomic E-state index is -1.34. The third-order valence-corrected chi connectivity index (χ3v) is 24.7. The number of nitrogens with zero attached hydrogens (tertiary/aromatic N) is 9. The number of hydrogen-bond donors (Lipinski definition) is 9. The van der Waals surface area contributed by atoms with Crippen LogP contribution < -0.4 is 5.32 Å². The maximum Gasteiger partial charge on any atom is 0.309 e. The van der Waals surface area contributed by atoms with E-state index < -0.39 is 144 Å². The predicted octanol–water partition coefficient (Wildman–Crippen LogP) is 13.0. The smallest absolute Gasteiger partial charge is 0.309 e. The van der Waals surface area contributed by atoms with Crippen molar-refractivity contribution in [2.24, 2.45) is 62.0 Å². The molecule has 0 aromatic carbocycles. The molecule has 3 aromatic rings. The van der Waals surface area contributed by atoms with Gasteiger partial charge in [0.1, 0.15) is 35.7 Å². The number of nitrogens with one attached hydrogen (secondary N) is 1. The van der Waals surface area contributed by atoms with E-state index in [4.69, 9.17) is 25.3 Å². The predicted molar refractivity (Wildman–Crippen MR) is 423 cm³/mol. The van der Waals surface area contributed by atoms with E-state index >= 15 is 0 Å². The number of carbonyl (C=O) groups is 6. The van der Waals surface area contributed by atoms with Crippen molar-refractivity contribution in [3.8, 4) is 0 Å². The highest BCUT2D eigenvalue weighted by Crippen LogP contribution is 2.38. The van der Waals surface area contributed by atoms with Gasteiger partial charge in [-0.25, -0.2) is 15.0 Å². The quantitative estimate of drug-likeness (QED) is 0.0252. The number of ketones is 3. The highest BCUT2D eigenvalue weighted by Gasteiger charge is 2.47. The van der Waals surface area contributed by atoms with Crippen LogP contribution in [0.5, 0.6) is 0 Å². The van der Waals surface area contributed by atoms with Crippen LogP contribution in [0.4, 0.5) is 0 Å². The number of azide groups is 2. The fourth-order valence-corrected chi connectivity index (χ4v) is 16.0. The maximum atomic E-state index is 13.2. The van der Waals surface area contributed by atoms with E-state index in [-0.39, 0.29) is 67.8 Å². The Bertz CT molecular complexity index is 3690. The van der Waals surface area contributed by atoms with Crippen molar-refractivity contribution in [1.29, 1.82) is 0 Å². The summed E-state index contributed by atoms with van der Waals surface area (Å²) in [6.07, 6.45) is -0.213. The lowest BCUT2D eigenvalue weighted by atomic mass is 9.73. The Morgan fingerprint density at radius 3 is 1.11 bits per heavy atom. The molecular formula is C79H124N10O17S3. The topological polar surface area (TPSA) is 450 Å². The van der Waals surface area contributed by atoms with Gasteiger partial charge >= 0.3 is 17.9 Å². The summed E-state index contributed by atoms with van der Waals surface area (Å²) in [4.78, 5) is 97.4. The molecule has 0 saturated carbocycles. The van der Waals surface area contributed by atoms with E-state index in [9.17, 15) is 69.6 Å². The summed E-state index contributed by atoms with van der Waals surface area (Å²) >= 11 is 4.53. The van der Waals surface area contributed by atoms with Crippen LogP contribution in [0.3, 0.4) is 0 Å². The number of aliphatic hydroxyl groups excluding tert-OH is 8. The van der Waals surface area contributed by atoms with Gasteiger partial charge in [0.25, 0.3) is 0 Å². The van der Waals surface area contributed by atoms with Gasteiger partial charge in [-0.2, -0.15) is 0 Å². The van der Waals surface area contributed by atoms with Crippen molar-refractivity contribution in [3.05, 3.63) is 85.8 Å². The number of ether oxygens (including phenoxy) is 3. The highest BCUT2D eigenvalue weighted by molar-refractivity contribution is 7.10. The molecule has 7 rings (SSSR count). The van der Waals surface area contributed by atoms with Crippen LogP contribution in [-0.2, 0) is 43.0 Å². The molecule has 610 valence electrons. The van der Waals surface area contributed by atoms with Gasteiger partial charge in [-0.05, 0) is 150 Å². The van der Waals surface area contributed by atoms with Gasteiger partial charge in [0, 0.05) is 68.6 Å². The van der Waals surface area contributed by atoms with Crippen molar-refractivity contribution in [3.63, 3.8) is 0 Å². The number of fused-ring (bicyclic) bond motifs is 1. The van der Waals surface area contributed by atoms with Gasteiger partial charge in [-0.1, -0.05) is 120 Å². The molecule has 27 nitrogen and oxygen atoms in total. The molecule has 21 atom stereocenters. The van der Waals surface area contributed by atoms with Crippen molar-refractivity contribution < 1.29 is 83.8 Å². The summed E-state index contributed by atoms with van der Waals surface area (Å²) < 4.78 is 17.3. The van der Waals surface area contributed by atoms with Gasteiger partial charge in [0.2, 0.25) is 0 Å². The molecule has 9 N–H and O–H groups in total. The van der Waals surface area contributed by atoms with E-state index in [1.54, 1.807) is 99.6 Å². The van der Waals surface area contributed by atoms with Crippen LogP contribution in [0.2, 0.25) is 0 Å². The van der Waals surface area contributed by atoms with E-state index in [0.717, 1.165) is 45.6 Å². The van der Waals surface area contributed by atoms with Gasteiger partial charge in [0.15, 0.2) is 0 Å². The summed E-state index contributed by atoms with van der Waals surface area (Å²) in [5, 5.41) is 106. The second-order valence-electron chi connectivity index (χ2n) is 32.2. The van der Waals surface area contributed by atoms with Gasteiger partial charge in [-0.3, -0.25) is 28.8 Å². The average Bonchev–Trinajstić information content (AvgIpc) is 1.57. The van der Waals surface area contributed by atoms with Crippen molar-refractivity contribution in [1.82, 2.24) is 20.3 Å². The Balaban J connectivity index is 0.000000344. The molecule has 4 fully saturated rings. The lowest BCUT2D eigenvalue weighted by molar-refractivity contribution is -0.156. The molecule has 0 amide bonds. The summed E-state index contributed by atoms with van der Waals surface area (Å²) in [6, 6.07) is -1.01. The first-order valence-electron chi connectivity index (χ1n) is 37.8. The first-order chi connectivity index (χ1) is 50.4. The molecule has 0 radical (unpaired) electrons. The number of aliphatic hydroxyl groups is 8. The molecule has 0 bridgehead atoms. The molecule has 3 unspecified atom stereocenters. The van der Waals surface area contributed by atoms with Crippen LogP contribution in [-0.4, -0.2) is 182 Å². The molecule has 7 heterocycles. The summed E-state index contributed by atoms with van der Waals surface area (Å²) in [7, 11) is 0. The summed E-state index contributed by atoms with van der Waals surface area (Å²) in [5.41, 5.74) is 18.8. The zero-order chi connectivity index (χ0) is 81.0. The number of thiazole rings is 3. The molecular weight excluding hydrogens is 1460 g/mol. The molecule has 4 aliphatic rings. The third-order valence-electron chi connectivity index (χ3n) is 22.4. The second-order valence-corrected chi connectivity index (χ2v) is 35.4. The van der Waals surface area contributed by atoms with E-state index in [0.29, 0.717) is 73.5 Å². The minimum Gasteiger partial charge on any atom is -0.458 e. The number of aromatic nitrogens is 3. The van der Waals surface area contributed by atoms with E-state index in [1.807, 2.05) is 70.7 Å². The van der Waals surface area contributed by atoms with Gasteiger partial charge in [0.05, 0.1) is 129 Å². The Morgan fingerprint density at radius 1 is 0.468 bits per heavy atom. The molecule has 4 aliphatic heterocycles. The maximum absolute atomic E-state index is 13.2. The van der Waals surface area contributed by atoms with Gasteiger partial charge < -0.3 is 60.4 Å². The number of rotatable bonds is 8. The van der Waals surface area contributed by atoms with Crippen LogP contribution in [0.1, 0.15) is 240 Å². The number of hydrogen-bond acceptors (Lipinski definition) is 26. The first-order valence-corrected chi connectivity index (χ1v) is 40.4.